The van der Waals surface area contributed by atoms with Crippen LogP contribution in [0.5, 0.6) is 0 Å². The van der Waals surface area contributed by atoms with Crippen LogP contribution < -0.4 is 15.3 Å². The summed E-state index contributed by atoms with van der Waals surface area (Å²) in [5.74, 6) is 1.76. The molecule has 1 aliphatic carbocycles. The molecule has 1 amide bonds. The minimum atomic E-state index is -1.20. The van der Waals surface area contributed by atoms with Crippen LogP contribution in [0.1, 0.15) is 36.5 Å². The summed E-state index contributed by atoms with van der Waals surface area (Å²) in [5.41, 5.74) is 3.56. The molecule has 2 fully saturated rings. The van der Waals surface area contributed by atoms with Gasteiger partial charge >= 0.3 is 0 Å². The van der Waals surface area contributed by atoms with Gasteiger partial charge in [0.1, 0.15) is 24.5 Å². The molecule has 1 saturated carbocycles. The first-order chi connectivity index (χ1) is 15.5. The molecule has 5 rings (SSSR count). The molecule has 2 aromatic heterocycles. The number of hydrogen-bond donors (Lipinski definition) is 1. The summed E-state index contributed by atoms with van der Waals surface area (Å²) in [5, 5.41) is 2.22. The Bertz CT molecular complexity index is 1010. The first kappa shape index (κ1) is 21.0. The number of rotatable bonds is 5. The van der Waals surface area contributed by atoms with E-state index in [4.69, 9.17) is 11.6 Å². The van der Waals surface area contributed by atoms with Crippen molar-refractivity contribution >= 4 is 35.1 Å². The van der Waals surface area contributed by atoms with Gasteiger partial charge in [0.2, 0.25) is 5.95 Å². The number of amidine groups is 1. The van der Waals surface area contributed by atoms with Crippen molar-refractivity contribution in [2.75, 3.05) is 29.7 Å². The fraction of sp³-hybridized carbons (Fsp3) is 0.476. The lowest BCUT2D eigenvalue weighted by atomic mass is 10.00. The van der Waals surface area contributed by atoms with Gasteiger partial charge in [0.05, 0.1) is 35.6 Å². The standard InChI is InChI=1S/C21H24ClFN8O/c1-13-27-12-28-31(13)19-5-2-14(8-24-19)20(32)30(16-3-4-16)18-6-7-29(11-17(18)23)21-25-9-15(22)10-26-21/h2,5,8-10,16-18,28H,3-4,6-7,11-12H2,1H3/t17-,18+/m0/s1. The van der Waals surface area contributed by atoms with Gasteiger partial charge in [-0.05, 0) is 38.3 Å². The second-order valence-electron chi connectivity index (χ2n) is 8.22. The molecule has 0 aromatic carbocycles. The Balaban J connectivity index is 1.30. The van der Waals surface area contributed by atoms with Crippen molar-refractivity contribution in [3.8, 4) is 0 Å². The number of alkyl halides is 1. The molecule has 2 atom stereocenters. The molecule has 9 nitrogen and oxygen atoms in total. The molecule has 0 spiro atoms. The van der Waals surface area contributed by atoms with Crippen molar-refractivity contribution in [2.24, 2.45) is 4.99 Å². The molecule has 4 heterocycles. The van der Waals surface area contributed by atoms with E-state index in [9.17, 15) is 4.79 Å². The number of amides is 1. The quantitative estimate of drug-likeness (QED) is 0.736. The summed E-state index contributed by atoms with van der Waals surface area (Å²) in [6, 6.07) is 3.13. The minimum absolute atomic E-state index is 0.0818. The highest BCUT2D eigenvalue weighted by atomic mass is 35.5. The summed E-state index contributed by atoms with van der Waals surface area (Å²) >= 11 is 5.85. The molecule has 1 saturated heterocycles. The molecule has 2 aliphatic heterocycles. The van der Waals surface area contributed by atoms with E-state index >= 15 is 4.39 Å². The van der Waals surface area contributed by atoms with Crippen LogP contribution in [-0.4, -0.2) is 69.6 Å². The van der Waals surface area contributed by atoms with Gasteiger partial charge in [-0.3, -0.25) is 9.79 Å². The number of aliphatic imine (C=N–C) groups is 1. The van der Waals surface area contributed by atoms with Gasteiger partial charge in [-0.1, -0.05) is 11.6 Å². The van der Waals surface area contributed by atoms with E-state index in [2.05, 4.69) is 25.4 Å². The third-order valence-corrected chi connectivity index (χ3v) is 6.21. The highest BCUT2D eigenvalue weighted by molar-refractivity contribution is 6.30. The van der Waals surface area contributed by atoms with Gasteiger partial charge in [0.25, 0.3) is 5.91 Å². The van der Waals surface area contributed by atoms with Crippen molar-refractivity contribution < 1.29 is 9.18 Å². The van der Waals surface area contributed by atoms with Crippen LogP contribution in [0.25, 0.3) is 0 Å². The van der Waals surface area contributed by atoms with Crippen molar-refractivity contribution in [1.29, 1.82) is 0 Å². The summed E-state index contributed by atoms with van der Waals surface area (Å²) in [6.45, 7) is 3.10. The average molecular weight is 459 g/mol. The van der Waals surface area contributed by atoms with Gasteiger partial charge in [-0.15, -0.1) is 0 Å². The molecule has 168 valence electrons. The highest BCUT2D eigenvalue weighted by Crippen LogP contribution is 2.34. The number of halogens is 2. The Morgan fingerprint density at radius 1 is 1.19 bits per heavy atom. The normalized spacial score (nSPS) is 23.3. The predicted octanol–water partition coefficient (Wildman–Crippen LogP) is 2.45. The fourth-order valence-corrected chi connectivity index (χ4v) is 4.34. The Morgan fingerprint density at radius 3 is 2.56 bits per heavy atom. The number of pyridine rings is 1. The van der Waals surface area contributed by atoms with Crippen molar-refractivity contribution in [3.63, 3.8) is 0 Å². The molecule has 32 heavy (non-hydrogen) atoms. The number of piperidine rings is 1. The largest absolute Gasteiger partial charge is 0.338 e. The zero-order valence-corrected chi connectivity index (χ0v) is 18.4. The molecule has 0 radical (unpaired) electrons. The van der Waals surface area contributed by atoms with Crippen molar-refractivity contribution in [1.82, 2.24) is 25.3 Å². The minimum Gasteiger partial charge on any atom is -0.338 e. The van der Waals surface area contributed by atoms with Crippen molar-refractivity contribution in [3.05, 3.63) is 41.3 Å². The average Bonchev–Trinajstić information content (AvgIpc) is 3.55. The molecular weight excluding hydrogens is 435 g/mol. The Kier molecular flexibility index (Phi) is 5.64. The third-order valence-electron chi connectivity index (χ3n) is 6.01. The van der Waals surface area contributed by atoms with Gasteiger partial charge in [0.15, 0.2) is 0 Å². The summed E-state index contributed by atoms with van der Waals surface area (Å²) in [4.78, 5) is 34.0. The molecule has 11 heteroatoms. The third kappa shape index (κ3) is 4.12. The second-order valence-corrected chi connectivity index (χ2v) is 8.66. The van der Waals surface area contributed by atoms with Crippen LogP contribution in [-0.2, 0) is 0 Å². The van der Waals surface area contributed by atoms with Crippen molar-refractivity contribution in [2.45, 2.75) is 44.4 Å². The lowest BCUT2D eigenvalue weighted by Crippen LogP contribution is -2.55. The first-order valence-corrected chi connectivity index (χ1v) is 11.1. The monoisotopic (exact) mass is 458 g/mol. The van der Waals surface area contributed by atoms with E-state index < -0.39 is 12.2 Å². The van der Waals surface area contributed by atoms with E-state index in [1.807, 2.05) is 6.92 Å². The second kappa shape index (κ2) is 8.59. The summed E-state index contributed by atoms with van der Waals surface area (Å²) < 4.78 is 15.3. The number of nitrogens with one attached hydrogen (secondary N) is 1. The Labute approximate surface area is 190 Å². The highest BCUT2D eigenvalue weighted by Gasteiger charge is 2.43. The SMILES string of the molecule is CC1=NCNN1c1ccc(C(=O)N(C2CC2)[C@@H]2CCN(c3ncc(Cl)cn3)C[C@@H]2F)cn1. The summed E-state index contributed by atoms with van der Waals surface area (Å²) in [7, 11) is 0. The first-order valence-electron chi connectivity index (χ1n) is 10.7. The Hall–Kier alpha value is -2.85. The van der Waals surface area contributed by atoms with E-state index in [1.165, 1.54) is 12.4 Å². The van der Waals surface area contributed by atoms with E-state index in [0.29, 0.717) is 42.0 Å². The van der Waals surface area contributed by atoms with Gasteiger partial charge in [-0.25, -0.2) is 29.8 Å². The zero-order chi connectivity index (χ0) is 22.2. The number of carbonyl (C=O) groups is 1. The van der Waals surface area contributed by atoms with Crippen LogP contribution in [0.4, 0.5) is 16.2 Å². The number of aromatic nitrogens is 3. The number of anilines is 2. The van der Waals surface area contributed by atoms with Crippen LogP contribution in [0.2, 0.25) is 5.02 Å². The van der Waals surface area contributed by atoms with E-state index in [1.54, 1.807) is 33.1 Å². The molecular formula is C21H24ClFN8O. The molecule has 1 N–H and O–H groups in total. The zero-order valence-electron chi connectivity index (χ0n) is 17.7. The summed E-state index contributed by atoms with van der Waals surface area (Å²) in [6.07, 6.45) is 5.68. The van der Waals surface area contributed by atoms with Gasteiger partial charge < -0.3 is 9.80 Å². The number of hydrogen-bond acceptors (Lipinski definition) is 8. The number of carbonyl (C=O) groups excluding carboxylic acids is 1. The van der Waals surface area contributed by atoms with Crippen LogP contribution >= 0.6 is 11.6 Å². The maximum absolute atomic E-state index is 15.3. The van der Waals surface area contributed by atoms with Crippen LogP contribution in [0, 0.1) is 0 Å². The van der Waals surface area contributed by atoms with Gasteiger partial charge in [0, 0.05) is 18.8 Å². The predicted molar refractivity (Wildman–Crippen MR) is 120 cm³/mol. The Morgan fingerprint density at radius 2 is 1.97 bits per heavy atom. The number of nitrogens with zero attached hydrogens (tertiary/aromatic N) is 7. The smallest absolute Gasteiger partial charge is 0.256 e. The lowest BCUT2D eigenvalue weighted by molar-refractivity contribution is 0.0486. The topological polar surface area (TPSA) is 89.9 Å². The lowest BCUT2D eigenvalue weighted by Gasteiger charge is -2.41. The molecule has 0 bridgehead atoms. The van der Waals surface area contributed by atoms with Crippen LogP contribution in [0.3, 0.4) is 0 Å². The molecule has 2 aromatic rings. The fourth-order valence-electron chi connectivity index (χ4n) is 4.24. The van der Waals surface area contributed by atoms with Crippen LogP contribution in [0.15, 0.2) is 35.7 Å². The molecule has 3 aliphatic rings. The molecule has 0 unspecified atom stereocenters. The van der Waals surface area contributed by atoms with Gasteiger partial charge in [-0.2, -0.15) is 0 Å². The maximum Gasteiger partial charge on any atom is 0.256 e. The van der Waals surface area contributed by atoms with E-state index in [0.717, 1.165) is 18.7 Å². The maximum atomic E-state index is 15.3. The van der Waals surface area contributed by atoms with E-state index in [-0.39, 0.29) is 18.5 Å². The number of hydrazine groups is 1.